The van der Waals surface area contributed by atoms with Crippen molar-refractivity contribution in [3.8, 4) is 0 Å². The van der Waals surface area contributed by atoms with Gasteiger partial charge in [-0.25, -0.2) is 0 Å². The van der Waals surface area contributed by atoms with Gasteiger partial charge in [-0.2, -0.15) is 0 Å². The van der Waals surface area contributed by atoms with E-state index in [0.717, 1.165) is 3.92 Å². The predicted octanol–water partition coefficient (Wildman–Crippen LogP) is 1.40. The van der Waals surface area contributed by atoms with Crippen molar-refractivity contribution >= 4 is 22.6 Å². The maximum atomic E-state index is 2.40. The van der Waals surface area contributed by atoms with Crippen LogP contribution in [0.25, 0.3) is 0 Å². The average molecular weight is 167 g/mol. The molecule has 0 bridgehead atoms. The molecular formula is C3H4I. The summed E-state index contributed by atoms with van der Waals surface area (Å²) in [5, 5.41) is 0. The Morgan fingerprint density at radius 3 is 2.25 bits per heavy atom. The third-order valence-corrected chi connectivity index (χ3v) is 1.43. The van der Waals surface area contributed by atoms with Crippen molar-refractivity contribution in [3.63, 3.8) is 0 Å². The van der Waals surface area contributed by atoms with E-state index >= 15 is 0 Å². The van der Waals surface area contributed by atoms with E-state index in [1.54, 1.807) is 0 Å². The van der Waals surface area contributed by atoms with E-state index in [2.05, 4.69) is 29.0 Å². The third-order valence-electron chi connectivity index (χ3n) is 0.414. The first-order valence-corrected chi connectivity index (χ1v) is 2.61. The summed E-state index contributed by atoms with van der Waals surface area (Å²) in [6.45, 7) is 0. The van der Waals surface area contributed by atoms with Crippen LogP contribution in [0.3, 0.4) is 0 Å². The van der Waals surface area contributed by atoms with Gasteiger partial charge in [-0.15, -0.1) is 0 Å². The summed E-state index contributed by atoms with van der Waals surface area (Å²) in [4.78, 5) is 0. The maximum Gasteiger partial charge on any atom is 0.0144 e. The van der Waals surface area contributed by atoms with Gasteiger partial charge >= 0.3 is 0 Å². The summed E-state index contributed by atoms with van der Waals surface area (Å²) in [5.74, 6) is 0. The minimum Gasteiger partial charge on any atom is -0.0823 e. The molecule has 1 fully saturated rings. The Hall–Kier alpha value is 0.730. The van der Waals surface area contributed by atoms with Gasteiger partial charge in [0.25, 0.3) is 0 Å². The lowest BCUT2D eigenvalue weighted by Gasteiger charge is -1.50. The zero-order chi connectivity index (χ0) is 2.99. The lowest BCUT2D eigenvalue weighted by atomic mass is 11.0. The molecule has 0 heterocycles. The SMILES string of the molecule is I[C@@H]1[CH]C1. The van der Waals surface area contributed by atoms with E-state index in [4.69, 9.17) is 0 Å². The Kier molecular flexibility index (Phi) is 0.623. The van der Waals surface area contributed by atoms with Crippen LogP contribution in [-0.4, -0.2) is 3.92 Å². The van der Waals surface area contributed by atoms with Crippen molar-refractivity contribution in [2.24, 2.45) is 0 Å². The van der Waals surface area contributed by atoms with Gasteiger partial charge in [-0.1, -0.05) is 22.6 Å². The summed E-state index contributed by atoms with van der Waals surface area (Å²) < 4.78 is 0.928. The molecule has 23 valence electrons. The molecule has 0 amide bonds. The average Bonchev–Trinajstić information content (AvgIpc) is 1.75. The Balaban J connectivity index is 2.17. The highest BCUT2D eigenvalue weighted by atomic mass is 127. The van der Waals surface area contributed by atoms with Crippen LogP contribution in [0.1, 0.15) is 6.42 Å². The highest BCUT2D eigenvalue weighted by Crippen LogP contribution is 2.26. The summed E-state index contributed by atoms with van der Waals surface area (Å²) in [5.41, 5.74) is 0. The molecule has 0 unspecified atom stereocenters. The molecule has 1 rings (SSSR count). The van der Waals surface area contributed by atoms with Crippen LogP contribution in [0.5, 0.6) is 0 Å². The summed E-state index contributed by atoms with van der Waals surface area (Å²) in [6, 6.07) is 0. The number of halogens is 1. The number of alkyl halides is 1. The Morgan fingerprint density at radius 2 is 2.25 bits per heavy atom. The summed E-state index contributed by atoms with van der Waals surface area (Å²) in [7, 11) is 0. The van der Waals surface area contributed by atoms with Gasteiger partial charge in [0, 0.05) is 3.92 Å². The minimum atomic E-state index is 0.928. The molecule has 0 N–H and O–H groups in total. The zero-order valence-corrected chi connectivity index (χ0v) is 4.40. The number of rotatable bonds is 0. The third kappa shape index (κ3) is 0.587. The summed E-state index contributed by atoms with van der Waals surface area (Å²) in [6.07, 6.45) is 3.63. The molecule has 1 radical (unpaired) electrons. The van der Waals surface area contributed by atoms with Gasteiger partial charge in [0.05, 0.1) is 0 Å². The zero-order valence-electron chi connectivity index (χ0n) is 2.24. The van der Waals surface area contributed by atoms with Crippen LogP contribution in [0.15, 0.2) is 0 Å². The Bertz CT molecular complexity index is 22.5. The van der Waals surface area contributed by atoms with E-state index in [-0.39, 0.29) is 0 Å². The first-order valence-electron chi connectivity index (χ1n) is 1.37. The molecule has 1 aliphatic rings. The van der Waals surface area contributed by atoms with Gasteiger partial charge < -0.3 is 0 Å². The second-order valence-electron chi connectivity index (χ2n) is 0.987. The van der Waals surface area contributed by atoms with Crippen molar-refractivity contribution in [1.29, 1.82) is 0 Å². The van der Waals surface area contributed by atoms with Gasteiger partial charge in [-0.3, -0.25) is 0 Å². The molecule has 1 aliphatic carbocycles. The lowest BCUT2D eigenvalue weighted by Crippen LogP contribution is -1.43. The van der Waals surface area contributed by atoms with Gasteiger partial charge in [0.1, 0.15) is 0 Å². The molecule has 1 heteroatoms. The van der Waals surface area contributed by atoms with Crippen LogP contribution in [0.2, 0.25) is 0 Å². The molecule has 1 saturated carbocycles. The Morgan fingerprint density at radius 1 is 2.00 bits per heavy atom. The van der Waals surface area contributed by atoms with Crippen molar-refractivity contribution in [2.75, 3.05) is 0 Å². The quantitative estimate of drug-likeness (QED) is 0.377. The highest BCUT2D eigenvalue weighted by molar-refractivity contribution is 14.1. The van der Waals surface area contributed by atoms with Crippen LogP contribution in [-0.2, 0) is 0 Å². The van der Waals surface area contributed by atoms with Crippen molar-refractivity contribution in [1.82, 2.24) is 0 Å². The molecular weight excluding hydrogens is 163 g/mol. The molecule has 0 aromatic rings. The van der Waals surface area contributed by atoms with Crippen LogP contribution in [0.4, 0.5) is 0 Å². The van der Waals surface area contributed by atoms with E-state index < -0.39 is 0 Å². The first kappa shape index (κ1) is 2.94. The molecule has 0 aromatic carbocycles. The van der Waals surface area contributed by atoms with E-state index in [9.17, 15) is 0 Å². The minimum absolute atomic E-state index is 0.928. The summed E-state index contributed by atoms with van der Waals surface area (Å²) >= 11 is 2.40. The van der Waals surface area contributed by atoms with Crippen molar-refractivity contribution in [2.45, 2.75) is 10.3 Å². The normalized spacial score (nSPS) is 26.2. The second kappa shape index (κ2) is 0.847. The maximum absolute atomic E-state index is 2.40. The molecule has 0 aliphatic heterocycles. The van der Waals surface area contributed by atoms with E-state index in [1.807, 2.05) is 0 Å². The van der Waals surface area contributed by atoms with Gasteiger partial charge in [-0.05, 0) is 12.8 Å². The fraction of sp³-hybridized carbons (Fsp3) is 0.667. The lowest BCUT2D eigenvalue weighted by molar-refractivity contribution is 1.57. The largest absolute Gasteiger partial charge is 0.0823 e. The van der Waals surface area contributed by atoms with Gasteiger partial charge in [0.2, 0.25) is 0 Å². The smallest absolute Gasteiger partial charge is 0.0144 e. The molecule has 1 atom stereocenters. The fourth-order valence-electron chi connectivity index (χ4n) is 0.0514. The number of hydrogen-bond donors (Lipinski definition) is 0. The van der Waals surface area contributed by atoms with E-state index in [0.29, 0.717) is 0 Å². The predicted molar refractivity (Wildman–Crippen MR) is 26.7 cm³/mol. The van der Waals surface area contributed by atoms with Crippen molar-refractivity contribution in [3.05, 3.63) is 6.42 Å². The standard InChI is InChI=1S/C3H4I/c4-3-1-2-3/h1,3H,2H2/t3-/m1/s1. The number of hydrogen-bond acceptors (Lipinski definition) is 0. The Labute approximate surface area is 39.7 Å². The molecule has 4 heavy (non-hydrogen) atoms. The van der Waals surface area contributed by atoms with Crippen LogP contribution < -0.4 is 0 Å². The first-order chi connectivity index (χ1) is 1.89. The van der Waals surface area contributed by atoms with Crippen molar-refractivity contribution < 1.29 is 0 Å². The van der Waals surface area contributed by atoms with Gasteiger partial charge in [0.15, 0.2) is 0 Å². The van der Waals surface area contributed by atoms with E-state index in [1.165, 1.54) is 6.42 Å². The molecule has 0 nitrogen and oxygen atoms in total. The molecule has 0 aromatic heterocycles. The van der Waals surface area contributed by atoms with Crippen LogP contribution >= 0.6 is 22.6 Å². The fourth-order valence-corrected chi connectivity index (χ4v) is 0.345. The topological polar surface area (TPSA) is 0 Å². The monoisotopic (exact) mass is 167 g/mol. The molecule has 0 spiro atoms. The van der Waals surface area contributed by atoms with Crippen LogP contribution in [0, 0.1) is 6.42 Å². The second-order valence-corrected chi connectivity index (χ2v) is 2.59. The highest BCUT2D eigenvalue weighted by Gasteiger charge is 2.15. The molecule has 0 saturated heterocycles.